The van der Waals surface area contributed by atoms with E-state index in [-0.39, 0.29) is 6.04 Å². The quantitative estimate of drug-likeness (QED) is 0.811. The molecule has 1 atom stereocenters. The summed E-state index contributed by atoms with van der Waals surface area (Å²) in [4.78, 5) is 0. The van der Waals surface area contributed by atoms with Crippen molar-refractivity contribution in [1.82, 2.24) is 0 Å². The van der Waals surface area contributed by atoms with Crippen LogP contribution < -0.4 is 10.5 Å². The van der Waals surface area contributed by atoms with E-state index in [1.165, 1.54) is 23.1 Å². The first-order valence-corrected chi connectivity index (χ1v) is 7.88. The van der Waals surface area contributed by atoms with E-state index in [2.05, 4.69) is 48.5 Å². The lowest BCUT2D eigenvalue weighted by atomic mass is 10.1. The molecule has 0 spiro atoms. The van der Waals surface area contributed by atoms with E-state index in [1.54, 1.807) is 0 Å². The number of nitrogens with two attached hydrogens (primary N) is 1. The Morgan fingerprint density at radius 3 is 2.76 bits per heavy atom. The first-order chi connectivity index (χ1) is 10.3. The van der Waals surface area contributed by atoms with Crippen molar-refractivity contribution in [2.45, 2.75) is 38.1 Å². The molecule has 0 unspecified atom stereocenters. The van der Waals surface area contributed by atoms with Gasteiger partial charge in [-0.1, -0.05) is 36.4 Å². The Hall–Kier alpha value is -1.80. The summed E-state index contributed by atoms with van der Waals surface area (Å²) in [6.45, 7) is 0.789. The number of benzene rings is 2. The SMILES string of the molecule is N[C@H]1CCc2cc(OCCCCc3ccccc3)ccc21. The molecule has 2 heteroatoms. The van der Waals surface area contributed by atoms with Gasteiger partial charge in [0.15, 0.2) is 0 Å². The second-order valence-electron chi connectivity index (χ2n) is 5.80. The van der Waals surface area contributed by atoms with Crippen molar-refractivity contribution in [1.29, 1.82) is 0 Å². The third kappa shape index (κ3) is 3.64. The highest BCUT2D eigenvalue weighted by molar-refractivity contribution is 5.40. The lowest BCUT2D eigenvalue weighted by Gasteiger charge is -2.09. The minimum Gasteiger partial charge on any atom is -0.494 e. The van der Waals surface area contributed by atoms with Gasteiger partial charge >= 0.3 is 0 Å². The van der Waals surface area contributed by atoms with Crippen molar-refractivity contribution in [3.8, 4) is 5.75 Å². The van der Waals surface area contributed by atoms with Gasteiger partial charge in [0.05, 0.1) is 6.61 Å². The lowest BCUT2D eigenvalue weighted by Crippen LogP contribution is -2.05. The van der Waals surface area contributed by atoms with E-state index in [1.807, 2.05) is 0 Å². The average molecular weight is 281 g/mol. The van der Waals surface area contributed by atoms with Crippen LogP contribution in [0.25, 0.3) is 0 Å². The summed E-state index contributed by atoms with van der Waals surface area (Å²) in [5, 5.41) is 0. The number of hydrogen-bond acceptors (Lipinski definition) is 2. The zero-order chi connectivity index (χ0) is 14.5. The highest BCUT2D eigenvalue weighted by Gasteiger charge is 2.18. The first-order valence-electron chi connectivity index (χ1n) is 7.88. The summed E-state index contributed by atoms with van der Waals surface area (Å²) >= 11 is 0. The zero-order valence-electron chi connectivity index (χ0n) is 12.4. The minimum absolute atomic E-state index is 0.222. The van der Waals surface area contributed by atoms with Gasteiger partial charge in [-0.05, 0) is 60.9 Å². The van der Waals surface area contributed by atoms with Gasteiger partial charge in [-0.2, -0.15) is 0 Å². The number of hydrogen-bond donors (Lipinski definition) is 1. The molecule has 1 aliphatic carbocycles. The van der Waals surface area contributed by atoms with Gasteiger partial charge in [-0.3, -0.25) is 0 Å². The Morgan fingerprint density at radius 1 is 1.05 bits per heavy atom. The fourth-order valence-corrected chi connectivity index (χ4v) is 2.98. The molecule has 0 heterocycles. The molecule has 1 aliphatic rings. The summed E-state index contributed by atoms with van der Waals surface area (Å²) in [5.41, 5.74) is 10.1. The summed E-state index contributed by atoms with van der Waals surface area (Å²) in [6.07, 6.45) is 5.53. The van der Waals surface area contributed by atoms with E-state index >= 15 is 0 Å². The predicted molar refractivity (Wildman–Crippen MR) is 86.6 cm³/mol. The smallest absolute Gasteiger partial charge is 0.119 e. The molecule has 0 amide bonds. The van der Waals surface area contributed by atoms with E-state index in [0.29, 0.717) is 0 Å². The third-order valence-electron chi connectivity index (χ3n) is 4.21. The highest BCUT2D eigenvalue weighted by Crippen LogP contribution is 2.31. The normalized spacial score (nSPS) is 16.7. The average Bonchev–Trinajstić information content (AvgIpc) is 2.89. The zero-order valence-corrected chi connectivity index (χ0v) is 12.4. The fourth-order valence-electron chi connectivity index (χ4n) is 2.98. The maximum Gasteiger partial charge on any atom is 0.119 e. The lowest BCUT2D eigenvalue weighted by molar-refractivity contribution is 0.306. The minimum atomic E-state index is 0.222. The van der Waals surface area contributed by atoms with E-state index in [0.717, 1.165) is 38.0 Å². The molecular weight excluding hydrogens is 258 g/mol. The summed E-state index contributed by atoms with van der Waals surface area (Å²) in [6, 6.07) is 17.2. The molecule has 0 aromatic heterocycles. The van der Waals surface area contributed by atoms with Gasteiger partial charge in [0, 0.05) is 6.04 Å². The number of ether oxygens (including phenoxy) is 1. The first kappa shape index (κ1) is 14.2. The molecule has 0 bridgehead atoms. The van der Waals surface area contributed by atoms with E-state index in [4.69, 9.17) is 10.5 Å². The van der Waals surface area contributed by atoms with Gasteiger partial charge in [-0.25, -0.2) is 0 Å². The van der Waals surface area contributed by atoms with Crippen molar-refractivity contribution in [3.05, 3.63) is 65.2 Å². The fraction of sp³-hybridized carbons (Fsp3) is 0.368. The predicted octanol–water partition coefficient (Wildman–Crippen LogP) is 4.03. The molecule has 0 radical (unpaired) electrons. The molecular formula is C19H23NO. The molecule has 2 aromatic carbocycles. The van der Waals surface area contributed by atoms with Crippen LogP contribution >= 0.6 is 0 Å². The van der Waals surface area contributed by atoms with Crippen molar-refractivity contribution >= 4 is 0 Å². The largest absolute Gasteiger partial charge is 0.494 e. The number of unbranched alkanes of at least 4 members (excludes halogenated alkanes) is 1. The van der Waals surface area contributed by atoms with Gasteiger partial charge in [0.1, 0.15) is 5.75 Å². The number of rotatable bonds is 6. The summed E-state index contributed by atoms with van der Waals surface area (Å²) in [5.74, 6) is 0.988. The molecule has 0 fully saturated rings. The summed E-state index contributed by atoms with van der Waals surface area (Å²) in [7, 11) is 0. The van der Waals surface area contributed by atoms with Crippen LogP contribution in [0.4, 0.5) is 0 Å². The Kier molecular flexibility index (Phi) is 4.56. The molecule has 2 nitrogen and oxygen atoms in total. The third-order valence-corrected chi connectivity index (χ3v) is 4.21. The second kappa shape index (κ2) is 6.77. The van der Waals surface area contributed by atoms with Crippen molar-refractivity contribution in [3.63, 3.8) is 0 Å². The maximum atomic E-state index is 6.05. The van der Waals surface area contributed by atoms with Gasteiger partial charge < -0.3 is 10.5 Å². The van der Waals surface area contributed by atoms with Crippen LogP contribution in [0.1, 0.15) is 42.0 Å². The van der Waals surface area contributed by atoms with E-state index < -0.39 is 0 Å². The van der Waals surface area contributed by atoms with Crippen molar-refractivity contribution < 1.29 is 4.74 Å². The molecule has 2 aromatic rings. The summed E-state index contributed by atoms with van der Waals surface area (Å²) < 4.78 is 5.86. The van der Waals surface area contributed by atoms with Crippen LogP contribution in [0.2, 0.25) is 0 Å². The monoisotopic (exact) mass is 281 g/mol. The Morgan fingerprint density at radius 2 is 1.90 bits per heavy atom. The molecule has 21 heavy (non-hydrogen) atoms. The van der Waals surface area contributed by atoms with Gasteiger partial charge in [0.25, 0.3) is 0 Å². The maximum absolute atomic E-state index is 6.05. The van der Waals surface area contributed by atoms with Crippen LogP contribution in [0.3, 0.4) is 0 Å². The molecule has 110 valence electrons. The highest BCUT2D eigenvalue weighted by atomic mass is 16.5. The number of aryl methyl sites for hydroxylation is 2. The van der Waals surface area contributed by atoms with E-state index in [9.17, 15) is 0 Å². The Balaban J connectivity index is 1.42. The molecule has 0 aliphatic heterocycles. The van der Waals surface area contributed by atoms with Crippen LogP contribution in [0.15, 0.2) is 48.5 Å². The van der Waals surface area contributed by atoms with Crippen LogP contribution in [-0.4, -0.2) is 6.61 Å². The molecule has 3 rings (SSSR count). The van der Waals surface area contributed by atoms with Crippen LogP contribution in [-0.2, 0) is 12.8 Å². The number of fused-ring (bicyclic) bond motifs is 1. The Bertz CT molecular complexity index is 579. The topological polar surface area (TPSA) is 35.2 Å². The Labute approximate surface area is 126 Å². The molecule has 0 saturated heterocycles. The van der Waals surface area contributed by atoms with Gasteiger partial charge in [-0.15, -0.1) is 0 Å². The molecule has 0 saturated carbocycles. The molecule has 2 N–H and O–H groups in total. The second-order valence-corrected chi connectivity index (χ2v) is 5.80. The van der Waals surface area contributed by atoms with Crippen LogP contribution in [0, 0.1) is 0 Å². The van der Waals surface area contributed by atoms with Gasteiger partial charge in [0.2, 0.25) is 0 Å². The standard InChI is InChI=1S/C19H23NO/c20-19-12-9-16-14-17(10-11-18(16)19)21-13-5-4-8-15-6-2-1-3-7-15/h1-3,6-7,10-11,14,19H,4-5,8-9,12-13,20H2/t19-/m0/s1. The van der Waals surface area contributed by atoms with Crippen molar-refractivity contribution in [2.24, 2.45) is 5.73 Å². The van der Waals surface area contributed by atoms with Crippen LogP contribution in [0.5, 0.6) is 5.75 Å². The van der Waals surface area contributed by atoms with Crippen molar-refractivity contribution in [2.75, 3.05) is 6.61 Å².